The zero-order valence-corrected chi connectivity index (χ0v) is 23.8. The number of hydrogen-bond donors (Lipinski definition) is 0. The Labute approximate surface area is 237 Å². The van der Waals surface area contributed by atoms with Gasteiger partial charge in [-0.2, -0.15) is 0 Å². The zero-order chi connectivity index (χ0) is 28.2. The molecule has 40 heavy (non-hydrogen) atoms. The average molecular weight is 554 g/mol. The van der Waals surface area contributed by atoms with Crippen molar-refractivity contribution in [2.24, 2.45) is 4.99 Å². The predicted octanol–water partition coefficient (Wildman–Crippen LogP) is 4.40. The number of ether oxygens (including phenoxy) is 2. The molecular weight excluding hydrogens is 522 g/mol. The van der Waals surface area contributed by atoms with Crippen molar-refractivity contribution in [1.29, 1.82) is 0 Å². The number of carbonyl (C=O) groups is 1. The number of nitrogens with zero attached hydrogens (tertiary/aromatic N) is 3. The van der Waals surface area contributed by atoms with Crippen molar-refractivity contribution in [2.75, 3.05) is 32.2 Å². The summed E-state index contributed by atoms with van der Waals surface area (Å²) in [5, 5.41) is 0. The zero-order valence-electron chi connectivity index (χ0n) is 23.0. The van der Waals surface area contributed by atoms with Gasteiger partial charge in [0, 0.05) is 25.3 Å². The molecule has 4 aromatic rings. The maximum atomic E-state index is 14.0. The second-order valence-electron chi connectivity index (χ2n) is 9.42. The molecule has 8 heteroatoms. The molecule has 0 saturated heterocycles. The Balaban J connectivity index is 1.76. The van der Waals surface area contributed by atoms with Crippen LogP contribution in [0.1, 0.15) is 36.6 Å². The molecule has 0 radical (unpaired) electrons. The van der Waals surface area contributed by atoms with Crippen molar-refractivity contribution in [3.8, 4) is 5.75 Å². The minimum absolute atomic E-state index is 0.202. The first-order valence-electron chi connectivity index (χ1n) is 13.2. The molecule has 0 unspecified atom stereocenters. The maximum absolute atomic E-state index is 14.0. The summed E-state index contributed by atoms with van der Waals surface area (Å²) in [5.41, 5.74) is 4.12. The SMILES string of the molecule is CCOC(=O)C1=C(c2ccccc2)N=c2s/c(=C\c3ccc(N(C)C)cc3)c(=O)n2[C@@H]1c1ccc(OCC)cc1. The van der Waals surface area contributed by atoms with Gasteiger partial charge in [0.2, 0.25) is 0 Å². The van der Waals surface area contributed by atoms with E-state index in [1.54, 1.807) is 11.5 Å². The number of fused-ring (bicyclic) bond motifs is 1. The standard InChI is InChI=1S/C32H31N3O4S/c1-5-38-25-18-14-23(15-19-25)29-27(31(37)39-6-2)28(22-10-8-7-9-11-22)33-32-35(29)30(36)26(40-32)20-21-12-16-24(17-13-21)34(3)4/h7-20,29H,5-6H2,1-4H3/b26-20-/t29-/m1/s1. The second kappa shape index (κ2) is 11.8. The Morgan fingerprint density at radius 3 is 2.30 bits per heavy atom. The third-order valence-electron chi connectivity index (χ3n) is 6.59. The number of hydrogen-bond acceptors (Lipinski definition) is 7. The van der Waals surface area contributed by atoms with Gasteiger partial charge in [0.25, 0.3) is 5.56 Å². The summed E-state index contributed by atoms with van der Waals surface area (Å²) in [6.07, 6.45) is 1.87. The summed E-state index contributed by atoms with van der Waals surface area (Å²) in [7, 11) is 3.97. The van der Waals surface area contributed by atoms with Crippen LogP contribution in [0.25, 0.3) is 11.8 Å². The molecule has 3 aromatic carbocycles. The molecular formula is C32H31N3O4S. The molecule has 204 valence electrons. The van der Waals surface area contributed by atoms with Crippen LogP contribution in [0.3, 0.4) is 0 Å². The smallest absolute Gasteiger partial charge is 0.338 e. The second-order valence-corrected chi connectivity index (χ2v) is 10.4. The average Bonchev–Trinajstić information content (AvgIpc) is 3.28. The number of benzene rings is 3. The largest absolute Gasteiger partial charge is 0.494 e. The first kappa shape index (κ1) is 27.1. The Hall–Kier alpha value is -4.43. The molecule has 0 fully saturated rings. The summed E-state index contributed by atoms with van der Waals surface area (Å²) in [6.45, 7) is 4.43. The molecule has 0 amide bonds. The van der Waals surface area contributed by atoms with E-state index in [4.69, 9.17) is 14.5 Å². The quantitative estimate of drug-likeness (QED) is 0.303. The minimum atomic E-state index is -0.723. The summed E-state index contributed by atoms with van der Waals surface area (Å²) < 4.78 is 13.3. The molecule has 0 bridgehead atoms. The van der Waals surface area contributed by atoms with Gasteiger partial charge in [0.05, 0.1) is 35.1 Å². The lowest BCUT2D eigenvalue weighted by molar-refractivity contribution is -0.138. The van der Waals surface area contributed by atoms with E-state index in [1.807, 2.05) is 111 Å². The van der Waals surface area contributed by atoms with E-state index in [1.165, 1.54) is 11.3 Å². The van der Waals surface area contributed by atoms with E-state index in [2.05, 4.69) is 0 Å². The van der Waals surface area contributed by atoms with Crippen molar-refractivity contribution < 1.29 is 14.3 Å². The van der Waals surface area contributed by atoms with E-state index in [0.717, 1.165) is 22.4 Å². The fourth-order valence-corrected chi connectivity index (χ4v) is 5.69. The molecule has 0 N–H and O–H groups in total. The van der Waals surface area contributed by atoms with Gasteiger partial charge in [-0.25, -0.2) is 9.79 Å². The first-order chi connectivity index (χ1) is 19.4. The third kappa shape index (κ3) is 5.35. The number of esters is 1. The van der Waals surface area contributed by atoms with Gasteiger partial charge in [0.1, 0.15) is 5.75 Å². The van der Waals surface area contributed by atoms with Crippen LogP contribution in [0.2, 0.25) is 0 Å². The Kier molecular flexibility index (Phi) is 7.98. The molecule has 2 heterocycles. The number of thiazole rings is 1. The van der Waals surface area contributed by atoms with Gasteiger partial charge in [0.15, 0.2) is 4.80 Å². The molecule has 0 spiro atoms. The van der Waals surface area contributed by atoms with Gasteiger partial charge in [-0.1, -0.05) is 65.9 Å². The minimum Gasteiger partial charge on any atom is -0.494 e. The van der Waals surface area contributed by atoms with E-state index in [0.29, 0.717) is 33.0 Å². The molecule has 0 aliphatic carbocycles. The molecule has 7 nitrogen and oxygen atoms in total. The normalized spacial score (nSPS) is 14.9. The molecule has 0 saturated carbocycles. The highest BCUT2D eigenvalue weighted by molar-refractivity contribution is 7.07. The molecule has 1 aliphatic rings. The molecule has 1 aromatic heterocycles. The highest BCUT2D eigenvalue weighted by atomic mass is 32.1. The van der Waals surface area contributed by atoms with E-state index < -0.39 is 12.0 Å². The first-order valence-corrected chi connectivity index (χ1v) is 14.0. The highest BCUT2D eigenvalue weighted by Gasteiger charge is 2.35. The van der Waals surface area contributed by atoms with Gasteiger partial charge in [-0.05, 0) is 55.3 Å². The van der Waals surface area contributed by atoms with Crippen LogP contribution in [0, 0.1) is 0 Å². The fourth-order valence-electron chi connectivity index (χ4n) is 4.69. The van der Waals surface area contributed by atoms with E-state index in [-0.39, 0.29) is 12.2 Å². The highest BCUT2D eigenvalue weighted by Crippen LogP contribution is 2.35. The number of aromatic nitrogens is 1. The van der Waals surface area contributed by atoms with Gasteiger partial charge in [-0.3, -0.25) is 9.36 Å². The lowest BCUT2D eigenvalue weighted by atomic mass is 9.93. The van der Waals surface area contributed by atoms with Gasteiger partial charge < -0.3 is 14.4 Å². The summed E-state index contributed by atoms with van der Waals surface area (Å²) in [5.74, 6) is 0.210. The predicted molar refractivity (Wildman–Crippen MR) is 159 cm³/mol. The molecule has 5 rings (SSSR count). The monoisotopic (exact) mass is 553 g/mol. The van der Waals surface area contributed by atoms with E-state index in [9.17, 15) is 9.59 Å². The fraction of sp³-hybridized carbons (Fsp3) is 0.219. The molecule has 1 atom stereocenters. The Morgan fingerprint density at radius 1 is 0.975 bits per heavy atom. The summed E-state index contributed by atoms with van der Waals surface area (Å²) in [4.78, 5) is 35.0. The number of carbonyl (C=O) groups excluding carboxylic acids is 1. The van der Waals surface area contributed by atoms with Crippen LogP contribution < -0.4 is 24.5 Å². The van der Waals surface area contributed by atoms with Crippen LogP contribution in [-0.4, -0.2) is 37.8 Å². The lowest BCUT2D eigenvalue weighted by Gasteiger charge is -2.26. The number of rotatable bonds is 8. The summed E-state index contributed by atoms with van der Waals surface area (Å²) >= 11 is 1.31. The maximum Gasteiger partial charge on any atom is 0.338 e. The Bertz CT molecular complexity index is 1720. The van der Waals surface area contributed by atoms with Crippen molar-refractivity contribution in [3.63, 3.8) is 0 Å². The molecule has 1 aliphatic heterocycles. The number of anilines is 1. The topological polar surface area (TPSA) is 73.1 Å². The van der Waals surface area contributed by atoms with Crippen molar-refractivity contribution in [3.05, 3.63) is 121 Å². The lowest BCUT2D eigenvalue weighted by Crippen LogP contribution is -2.40. The van der Waals surface area contributed by atoms with Gasteiger partial charge >= 0.3 is 5.97 Å². The van der Waals surface area contributed by atoms with Crippen LogP contribution in [0.15, 0.2) is 94.2 Å². The summed E-state index contributed by atoms with van der Waals surface area (Å²) in [6, 6.07) is 24.3. The van der Waals surface area contributed by atoms with Crippen molar-refractivity contribution >= 4 is 34.8 Å². The van der Waals surface area contributed by atoms with Crippen LogP contribution in [-0.2, 0) is 9.53 Å². The van der Waals surface area contributed by atoms with Crippen LogP contribution in [0.5, 0.6) is 5.75 Å². The van der Waals surface area contributed by atoms with Crippen molar-refractivity contribution in [1.82, 2.24) is 4.57 Å². The van der Waals surface area contributed by atoms with Gasteiger partial charge in [-0.15, -0.1) is 0 Å². The van der Waals surface area contributed by atoms with Crippen molar-refractivity contribution in [2.45, 2.75) is 19.9 Å². The van der Waals surface area contributed by atoms with E-state index >= 15 is 0 Å². The van der Waals surface area contributed by atoms with Crippen LogP contribution in [0.4, 0.5) is 5.69 Å². The Morgan fingerprint density at radius 2 is 1.68 bits per heavy atom. The van der Waals surface area contributed by atoms with Crippen LogP contribution >= 0.6 is 11.3 Å². The third-order valence-corrected chi connectivity index (χ3v) is 7.57.